The summed E-state index contributed by atoms with van der Waals surface area (Å²) in [7, 11) is 4.05. The van der Waals surface area contributed by atoms with Crippen molar-refractivity contribution in [3.8, 4) is 11.5 Å². The average Bonchev–Trinajstić information content (AvgIpc) is 3.08. The van der Waals surface area contributed by atoms with Gasteiger partial charge in [-0.1, -0.05) is 51.2 Å². The molecule has 0 atom stereocenters. The third-order valence-electron chi connectivity index (χ3n) is 8.84. The van der Waals surface area contributed by atoms with Gasteiger partial charge in [0.2, 0.25) is 0 Å². The van der Waals surface area contributed by atoms with E-state index in [4.69, 9.17) is 9.47 Å². The second kappa shape index (κ2) is 18.0. The number of pyridine rings is 1. The Morgan fingerprint density at radius 2 is 1.09 bits per heavy atom. The van der Waals surface area contributed by atoms with Gasteiger partial charge in [0.25, 0.3) is 0 Å². The van der Waals surface area contributed by atoms with Crippen LogP contribution in [-0.4, -0.2) is 38.9 Å². The molecule has 0 unspecified atom stereocenters. The van der Waals surface area contributed by atoms with Crippen LogP contribution in [0.5, 0.6) is 11.5 Å². The van der Waals surface area contributed by atoms with E-state index in [-0.39, 0.29) is 11.6 Å². The maximum atomic E-state index is 13.2. The van der Waals surface area contributed by atoms with Crippen LogP contribution in [0.1, 0.15) is 88.4 Å². The number of rotatable bonds is 19. The Balaban J connectivity index is 1.24. The molecule has 0 radical (unpaired) electrons. The third-order valence-corrected chi connectivity index (χ3v) is 8.84. The van der Waals surface area contributed by atoms with E-state index >= 15 is 0 Å². The van der Waals surface area contributed by atoms with Crippen molar-refractivity contribution < 1.29 is 23.6 Å². The van der Waals surface area contributed by atoms with Crippen LogP contribution in [0.25, 0.3) is 0 Å². The maximum absolute atomic E-state index is 13.2. The Morgan fingerprint density at radius 3 is 1.57 bits per heavy atom. The van der Waals surface area contributed by atoms with Gasteiger partial charge >= 0.3 is 0 Å². The number of anilines is 1. The van der Waals surface area contributed by atoms with E-state index in [0.717, 1.165) is 52.4 Å². The van der Waals surface area contributed by atoms with Crippen LogP contribution in [-0.2, 0) is 19.4 Å². The number of ether oxygens (including phenoxy) is 2. The van der Waals surface area contributed by atoms with Crippen molar-refractivity contribution in [3.63, 3.8) is 0 Å². The standard InChI is InChI=1S/C41H51N2O4/c1-6-7-8-9-10-11-27-46-38-18-14-33(15-19-38)40(44)29-35-12-13-36(32(3)31(35)2)30-41(45)34-16-20-39(21-17-34)47-28-26-43-24-22-37(23-25-43)42(4)5/h12-25H,6-11,26-30H2,1-5H3/q+1. The van der Waals surface area contributed by atoms with Gasteiger partial charge < -0.3 is 14.4 Å². The molecule has 0 aliphatic rings. The molecule has 0 amide bonds. The van der Waals surface area contributed by atoms with Gasteiger partial charge in [-0.15, -0.1) is 0 Å². The van der Waals surface area contributed by atoms with Gasteiger partial charge in [-0.3, -0.25) is 9.59 Å². The second-order valence-corrected chi connectivity index (χ2v) is 12.5. The summed E-state index contributed by atoms with van der Waals surface area (Å²) in [5, 5.41) is 0. The average molecular weight is 636 g/mol. The fraction of sp³-hybridized carbons (Fsp3) is 0.390. The lowest BCUT2D eigenvalue weighted by atomic mass is 9.91. The molecule has 4 aromatic rings. The van der Waals surface area contributed by atoms with Crippen LogP contribution < -0.4 is 18.9 Å². The second-order valence-electron chi connectivity index (χ2n) is 12.5. The lowest BCUT2D eigenvalue weighted by molar-refractivity contribution is -0.697. The minimum absolute atomic E-state index is 0.0539. The summed E-state index contributed by atoms with van der Waals surface area (Å²) in [5.41, 5.74) is 6.56. The zero-order chi connectivity index (χ0) is 33.6. The normalized spacial score (nSPS) is 10.9. The number of unbranched alkanes of at least 4 members (excludes halogenated alkanes) is 5. The number of ketones is 2. The molecule has 1 aromatic heterocycles. The topological polar surface area (TPSA) is 59.7 Å². The molecule has 47 heavy (non-hydrogen) atoms. The summed E-state index contributed by atoms with van der Waals surface area (Å²) in [6.07, 6.45) is 12.1. The highest BCUT2D eigenvalue weighted by Gasteiger charge is 2.15. The minimum Gasteiger partial charge on any atom is -0.494 e. The Labute approximate surface area is 281 Å². The summed E-state index contributed by atoms with van der Waals surface area (Å²) < 4.78 is 13.9. The Hall–Kier alpha value is -4.45. The molecule has 1 heterocycles. The van der Waals surface area contributed by atoms with Crippen LogP contribution in [0.3, 0.4) is 0 Å². The summed E-state index contributed by atoms with van der Waals surface area (Å²) in [6.45, 7) is 8.27. The fourth-order valence-electron chi connectivity index (χ4n) is 5.58. The van der Waals surface area contributed by atoms with Crippen molar-refractivity contribution in [2.24, 2.45) is 0 Å². The van der Waals surface area contributed by atoms with E-state index in [9.17, 15) is 9.59 Å². The van der Waals surface area contributed by atoms with E-state index in [0.29, 0.717) is 37.2 Å². The Morgan fingerprint density at radius 1 is 0.617 bits per heavy atom. The van der Waals surface area contributed by atoms with Crippen LogP contribution >= 0.6 is 0 Å². The van der Waals surface area contributed by atoms with Crippen molar-refractivity contribution in [1.29, 1.82) is 0 Å². The molecule has 4 rings (SSSR count). The molecule has 0 aliphatic heterocycles. The van der Waals surface area contributed by atoms with E-state index in [1.165, 1.54) is 32.1 Å². The van der Waals surface area contributed by atoms with E-state index in [2.05, 4.69) is 28.5 Å². The Bertz CT molecular complexity index is 1580. The molecule has 0 saturated heterocycles. The van der Waals surface area contributed by atoms with Crippen LogP contribution in [0.15, 0.2) is 85.2 Å². The molecule has 0 spiro atoms. The Kier molecular flexibility index (Phi) is 13.6. The summed E-state index contributed by atoms with van der Waals surface area (Å²) in [6, 6.07) is 23.0. The van der Waals surface area contributed by atoms with Gasteiger partial charge in [0, 0.05) is 55.9 Å². The first-order chi connectivity index (χ1) is 22.7. The molecule has 0 bridgehead atoms. The smallest absolute Gasteiger partial charge is 0.182 e. The van der Waals surface area contributed by atoms with Crippen LogP contribution in [0.4, 0.5) is 5.69 Å². The molecule has 6 heteroatoms. The molecule has 0 fully saturated rings. The first-order valence-electron chi connectivity index (χ1n) is 17.0. The van der Waals surface area contributed by atoms with Crippen molar-refractivity contribution in [2.45, 2.75) is 78.7 Å². The summed E-state index contributed by atoms with van der Waals surface area (Å²) in [5.74, 6) is 1.67. The van der Waals surface area contributed by atoms with Crippen LogP contribution in [0.2, 0.25) is 0 Å². The first kappa shape index (κ1) is 35.4. The molecule has 0 aliphatic carbocycles. The van der Waals surface area contributed by atoms with Gasteiger partial charge in [-0.2, -0.15) is 0 Å². The zero-order valence-electron chi connectivity index (χ0n) is 28.9. The largest absolute Gasteiger partial charge is 0.494 e. The van der Waals surface area contributed by atoms with E-state index < -0.39 is 0 Å². The molecular weight excluding hydrogens is 584 g/mol. The number of hydrogen-bond donors (Lipinski definition) is 0. The highest BCUT2D eigenvalue weighted by atomic mass is 16.5. The van der Waals surface area contributed by atoms with Gasteiger partial charge in [-0.25, -0.2) is 4.57 Å². The maximum Gasteiger partial charge on any atom is 0.182 e. The highest BCUT2D eigenvalue weighted by Crippen LogP contribution is 2.23. The van der Waals surface area contributed by atoms with Gasteiger partial charge in [0.15, 0.2) is 30.5 Å². The lowest BCUT2D eigenvalue weighted by Gasteiger charge is -2.14. The zero-order valence-corrected chi connectivity index (χ0v) is 28.9. The predicted octanol–water partition coefficient (Wildman–Crippen LogP) is 8.33. The molecule has 248 valence electrons. The molecule has 0 N–H and O–H groups in total. The molecule has 6 nitrogen and oxygen atoms in total. The van der Waals surface area contributed by atoms with Crippen molar-refractivity contribution in [1.82, 2.24) is 0 Å². The molecule has 0 saturated carbocycles. The van der Waals surface area contributed by atoms with Gasteiger partial charge in [0.05, 0.1) is 6.61 Å². The number of nitrogens with zero attached hydrogens (tertiary/aromatic N) is 2. The fourth-order valence-corrected chi connectivity index (χ4v) is 5.58. The van der Waals surface area contributed by atoms with E-state index in [1.54, 1.807) is 0 Å². The lowest BCUT2D eigenvalue weighted by Crippen LogP contribution is -2.35. The van der Waals surface area contributed by atoms with Gasteiger partial charge in [-0.05, 0) is 91.1 Å². The number of Topliss-reactive ketones (excluding diaryl/α,β-unsaturated/α-hetero) is 2. The molecular formula is C41H51N2O4+. The number of hydrogen-bond acceptors (Lipinski definition) is 5. The van der Waals surface area contributed by atoms with Crippen LogP contribution in [0, 0.1) is 13.8 Å². The van der Waals surface area contributed by atoms with Gasteiger partial charge in [0.1, 0.15) is 18.1 Å². The number of benzene rings is 3. The highest BCUT2D eigenvalue weighted by molar-refractivity contribution is 5.98. The van der Waals surface area contributed by atoms with Crippen molar-refractivity contribution in [2.75, 3.05) is 32.2 Å². The SMILES string of the molecule is CCCCCCCCOc1ccc(C(=O)Cc2ccc(CC(=O)c3ccc(OCC[n+]4ccc(N(C)C)cc4)cc3)c(C)c2C)cc1. The van der Waals surface area contributed by atoms with Crippen molar-refractivity contribution in [3.05, 3.63) is 119 Å². The predicted molar refractivity (Wildman–Crippen MR) is 190 cm³/mol. The first-order valence-corrected chi connectivity index (χ1v) is 17.0. The van der Waals surface area contributed by atoms with Crippen molar-refractivity contribution >= 4 is 17.3 Å². The monoisotopic (exact) mass is 635 g/mol. The summed E-state index contributed by atoms with van der Waals surface area (Å²) >= 11 is 0. The summed E-state index contributed by atoms with van der Waals surface area (Å²) in [4.78, 5) is 28.3. The molecule has 3 aromatic carbocycles. The number of carbonyl (C=O) groups excluding carboxylic acids is 2. The number of carbonyl (C=O) groups is 2. The quantitative estimate of drug-likeness (QED) is 0.0589. The van der Waals surface area contributed by atoms with E-state index in [1.807, 2.05) is 101 Å². The third kappa shape index (κ3) is 10.8. The number of aromatic nitrogens is 1. The minimum atomic E-state index is 0.0539.